The number of fused-ring (bicyclic) bond motifs is 9. The predicted molar refractivity (Wildman–Crippen MR) is 229 cm³/mol. The smallest absolute Gasteiger partial charge is 0.145 e. The Bertz CT molecular complexity index is 2700. The van der Waals surface area contributed by atoms with Gasteiger partial charge in [-0.25, -0.2) is 0 Å². The molecule has 5 aliphatic rings. The SMILES string of the molecule is C1=CCC2C(=C1)Oc1cc(-c3ccccc3C3=CC(c4ccccc4C4=CCCC=C4)=NC(c4ccccc4)N3)ccc1C21c2ccccc2-c2ccccc21. The van der Waals surface area contributed by atoms with Crippen molar-refractivity contribution in [3.8, 4) is 28.0 Å². The summed E-state index contributed by atoms with van der Waals surface area (Å²) in [4.78, 5) is 5.38. The number of nitrogens with one attached hydrogen (secondary N) is 1. The summed E-state index contributed by atoms with van der Waals surface area (Å²) in [6, 6.07) is 52.9. The van der Waals surface area contributed by atoms with E-state index >= 15 is 0 Å². The van der Waals surface area contributed by atoms with E-state index in [1.807, 2.05) is 0 Å². The molecule has 0 aromatic heterocycles. The van der Waals surface area contributed by atoms with Crippen LogP contribution in [0.15, 0.2) is 199 Å². The lowest BCUT2D eigenvalue weighted by Gasteiger charge is -2.46. The molecule has 1 spiro atoms. The lowest BCUT2D eigenvalue weighted by Crippen LogP contribution is -2.42. The van der Waals surface area contributed by atoms with Gasteiger partial charge < -0.3 is 10.1 Å². The van der Waals surface area contributed by atoms with E-state index in [4.69, 9.17) is 9.73 Å². The molecule has 0 radical (unpaired) electrons. The Morgan fingerprint density at radius 1 is 0.607 bits per heavy atom. The van der Waals surface area contributed by atoms with Crippen molar-refractivity contribution in [3.63, 3.8) is 0 Å². The number of aliphatic imine (C=N–C) groups is 1. The van der Waals surface area contributed by atoms with Gasteiger partial charge in [0.25, 0.3) is 0 Å². The summed E-state index contributed by atoms with van der Waals surface area (Å²) in [5.41, 5.74) is 16.3. The number of ether oxygens (including phenoxy) is 1. The van der Waals surface area contributed by atoms with Crippen LogP contribution in [0.25, 0.3) is 33.5 Å². The molecule has 6 aromatic carbocycles. The molecule has 56 heavy (non-hydrogen) atoms. The zero-order valence-electron chi connectivity index (χ0n) is 31.0. The van der Waals surface area contributed by atoms with Crippen molar-refractivity contribution in [2.75, 3.05) is 0 Å². The molecule has 268 valence electrons. The Morgan fingerprint density at radius 2 is 1.29 bits per heavy atom. The number of hydrogen-bond acceptors (Lipinski definition) is 3. The lowest BCUT2D eigenvalue weighted by atomic mass is 9.60. The normalized spacial score (nSPS) is 19.6. The average Bonchev–Trinajstić information content (AvgIpc) is 3.57. The second kappa shape index (κ2) is 13.2. The topological polar surface area (TPSA) is 33.6 Å². The van der Waals surface area contributed by atoms with Crippen LogP contribution in [0.2, 0.25) is 0 Å². The van der Waals surface area contributed by atoms with E-state index in [2.05, 4.69) is 193 Å². The third-order valence-electron chi connectivity index (χ3n) is 12.3. The minimum atomic E-state index is -0.354. The van der Waals surface area contributed by atoms with Crippen molar-refractivity contribution in [1.82, 2.24) is 5.32 Å². The molecule has 1 N–H and O–H groups in total. The van der Waals surface area contributed by atoms with Crippen LogP contribution in [-0.2, 0) is 5.41 Å². The summed E-state index contributed by atoms with van der Waals surface area (Å²) >= 11 is 0. The molecule has 3 heteroatoms. The molecular formula is C53H40N2O. The molecule has 0 amide bonds. The van der Waals surface area contributed by atoms with Crippen molar-refractivity contribution in [3.05, 3.63) is 233 Å². The fourth-order valence-corrected chi connectivity index (χ4v) is 9.83. The zero-order chi connectivity index (χ0) is 37.1. The Morgan fingerprint density at radius 3 is 2.04 bits per heavy atom. The Hall–Kier alpha value is -6.71. The average molecular weight is 721 g/mol. The van der Waals surface area contributed by atoms with Gasteiger partial charge in [-0.3, -0.25) is 4.99 Å². The van der Waals surface area contributed by atoms with Crippen LogP contribution < -0.4 is 10.1 Å². The molecule has 3 nitrogen and oxygen atoms in total. The van der Waals surface area contributed by atoms with E-state index < -0.39 is 0 Å². The summed E-state index contributed by atoms with van der Waals surface area (Å²) in [5, 5.41) is 3.85. The summed E-state index contributed by atoms with van der Waals surface area (Å²) in [6.07, 6.45) is 18.6. The first-order valence-corrected chi connectivity index (χ1v) is 19.8. The van der Waals surface area contributed by atoms with Gasteiger partial charge in [-0.15, -0.1) is 0 Å². The van der Waals surface area contributed by atoms with Gasteiger partial charge in [-0.2, -0.15) is 0 Å². The maximum absolute atomic E-state index is 6.97. The fraction of sp³-hybridized carbons (Fsp3) is 0.113. The first-order chi connectivity index (χ1) is 27.8. The Labute approximate surface area is 328 Å². The molecule has 2 aliphatic heterocycles. The molecule has 3 aliphatic carbocycles. The third kappa shape index (κ3) is 5.08. The molecule has 11 rings (SSSR count). The van der Waals surface area contributed by atoms with E-state index in [0.29, 0.717) is 0 Å². The van der Waals surface area contributed by atoms with Gasteiger partial charge in [0.15, 0.2) is 0 Å². The van der Waals surface area contributed by atoms with Crippen LogP contribution in [0.4, 0.5) is 0 Å². The van der Waals surface area contributed by atoms with Gasteiger partial charge in [0, 0.05) is 28.3 Å². The number of benzene rings is 6. The Balaban J connectivity index is 1.07. The molecule has 2 unspecified atom stereocenters. The Kier molecular flexibility index (Phi) is 7.73. The summed E-state index contributed by atoms with van der Waals surface area (Å²) < 4.78 is 6.97. The van der Waals surface area contributed by atoms with Gasteiger partial charge in [0.1, 0.15) is 17.7 Å². The first-order valence-electron chi connectivity index (χ1n) is 19.8. The second-order valence-corrected chi connectivity index (χ2v) is 15.3. The number of allylic oxidation sites excluding steroid dienone is 9. The van der Waals surface area contributed by atoms with Crippen LogP contribution in [0.5, 0.6) is 5.75 Å². The molecule has 2 atom stereocenters. The highest BCUT2D eigenvalue weighted by Gasteiger charge is 2.55. The molecule has 0 saturated heterocycles. The van der Waals surface area contributed by atoms with Crippen LogP contribution in [0.1, 0.15) is 64.4 Å². The molecule has 2 heterocycles. The highest BCUT2D eigenvalue weighted by atomic mass is 16.5. The highest BCUT2D eigenvalue weighted by Crippen LogP contribution is 2.63. The van der Waals surface area contributed by atoms with Gasteiger partial charge in [-0.1, -0.05) is 170 Å². The molecule has 0 fully saturated rings. The maximum atomic E-state index is 6.97. The molecule has 6 aromatic rings. The predicted octanol–water partition coefficient (Wildman–Crippen LogP) is 12.4. The van der Waals surface area contributed by atoms with Gasteiger partial charge in [0.2, 0.25) is 0 Å². The van der Waals surface area contributed by atoms with E-state index in [9.17, 15) is 0 Å². The minimum absolute atomic E-state index is 0.162. The third-order valence-corrected chi connectivity index (χ3v) is 12.3. The van der Waals surface area contributed by atoms with E-state index in [0.717, 1.165) is 70.0 Å². The highest BCUT2D eigenvalue weighted by molar-refractivity contribution is 6.16. The first kappa shape index (κ1) is 32.7. The maximum Gasteiger partial charge on any atom is 0.145 e. The van der Waals surface area contributed by atoms with Crippen LogP contribution >= 0.6 is 0 Å². The standard InChI is InChI=1S/C53H40N2O/c1-3-17-35(18-4-1)38-21-7-9-25-42(38)48-34-49(55-52(54-48)36-19-5-2-6-20-36)43-26-10-8-22-39(43)37-31-32-47-51(33-37)56-50-30-16-15-29-46(50)53(47)44-27-13-11-23-40(44)41-24-12-14-28-45(41)53/h2-3,5-28,30-34,46,52,55H,1,4,29H2. The molecule has 0 bridgehead atoms. The number of hydrogen-bond donors (Lipinski definition) is 1. The van der Waals surface area contributed by atoms with E-state index in [1.165, 1.54) is 39.0 Å². The van der Waals surface area contributed by atoms with Crippen molar-refractivity contribution in [1.29, 1.82) is 0 Å². The lowest BCUT2D eigenvalue weighted by molar-refractivity contribution is 0.253. The van der Waals surface area contributed by atoms with Gasteiger partial charge >= 0.3 is 0 Å². The summed E-state index contributed by atoms with van der Waals surface area (Å²) in [7, 11) is 0. The van der Waals surface area contributed by atoms with Crippen molar-refractivity contribution >= 4 is 17.0 Å². The number of rotatable bonds is 5. The monoisotopic (exact) mass is 720 g/mol. The van der Waals surface area contributed by atoms with Crippen LogP contribution in [0, 0.1) is 5.92 Å². The largest absolute Gasteiger partial charge is 0.461 e. The second-order valence-electron chi connectivity index (χ2n) is 15.3. The van der Waals surface area contributed by atoms with Crippen LogP contribution in [0.3, 0.4) is 0 Å². The quantitative estimate of drug-likeness (QED) is 0.192. The van der Waals surface area contributed by atoms with Gasteiger partial charge in [0.05, 0.1) is 11.1 Å². The molecular weight excluding hydrogens is 681 g/mol. The zero-order valence-corrected chi connectivity index (χ0v) is 31.0. The minimum Gasteiger partial charge on any atom is -0.461 e. The van der Waals surface area contributed by atoms with Crippen molar-refractivity contribution in [2.24, 2.45) is 10.9 Å². The number of nitrogens with zero attached hydrogens (tertiary/aromatic N) is 1. The van der Waals surface area contributed by atoms with E-state index in [-0.39, 0.29) is 17.5 Å². The van der Waals surface area contributed by atoms with Gasteiger partial charge in [-0.05, 0) is 87.6 Å². The summed E-state index contributed by atoms with van der Waals surface area (Å²) in [5.74, 6) is 2.11. The molecule has 0 saturated carbocycles. The fourth-order valence-electron chi connectivity index (χ4n) is 9.83. The van der Waals surface area contributed by atoms with E-state index in [1.54, 1.807) is 0 Å². The summed E-state index contributed by atoms with van der Waals surface area (Å²) in [6.45, 7) is 0. The van der Waals surface area contributed by atoms with Crippen molar-refractivity contribution < 1.29 is 4.74 Å². The van der Waals surface area contributed by atoms with Crippen molar-refractivity contribution in [2.45, 2.75) is 30.8 Å². The van der Waals surface area contributed by atoms with Crippen LogP contribution in [-0.4, -0.2) is 5.71 Å².